The Morgan fingerprint density at radius 1 is 1.12 bits per heavy atom. The van der Waals surface area contributed by atoms with E-state index in [0.717, 1.165) is 46.3 Å². The molecule has 0 bridgehead atoms. The molecule has 172 valence electrons. The lowest BCUT2D eigenvalue weighted by Gasteiger charge is -2.18. The summed E-state index contributed by atoms with van der Waals surface area (Å²) in [6.45, 7) is 1.94. The van der Waals surface area contributed by atoms with Crippen LogP contribution in [0, 0.1) is 0 Å². The minimum absolute atomic E-state index is 0.0918. The van der Waals surface area contributed by atoms with Crippen molar-refractivity contribution in [2.45, 2.75) is 31.8 Å². The van der Waals surface area contributed by atoms with Crippen molar-refractivity contribution >= 4 is 17.4 Å². The third-order valence-electron chi connectivity index (χ3n) is 6.06. The minimum Gasteiger partial charge on any atom is -0.482 e. The highest BCUT2D eigenvalue weighted by Crippen LogP contribution is 2.41. The van der Waals surface area contributed by atoms with Crippen LogP contribution >= 0.6 is 0 Å². The Morgan fingerprint density at radius 2 is 1.94 bits per heavy atom. The number of nitrogens with one attached hydrogen (secondary N) is 1. The second-order valence-electron chi connectivity index (χ2n) is 8.71. The number of carbonyl (C=O) groups is 1. The van der Waals surface area contributed by atoms with Gasteiger partial charge in [0.1, 0.15) is 6.10 Å². The van der Waals surface area contributed by atoms with Crippen molar-refractivity contribution in [3.8, 4) is 16.9 Å². The second kappa shape index (κ2) is 9.02. The summed E-state index contributed by atoms with van der Waals surface area (Å²) in [6, 6.07) is 17.4. The van der Waals surface area contributed by atoms with E-state index in [9.17, 15) is 4.79 Å². The Labute approximate surface area is 198 Å². The van der Waals surface area contributed by atoms with Gasteiger partial charge in [-0.05, 0) is 61.1 Å². The van der Waals surface area contributed by atoms with Crippen molar-refractivity contribution in [3.05, 3.63) is 89.9 Å². The van der Waals surface area contributed by atoms with E-state index >= 15 is 0 Å². The van der Waals surface area contributed by atoms with Gasteiger partial charge in [0.25, 0.3) is 5.91 Å². The van der Waals surface area contributed by atoms with Gasteiger partial charge in [0.2, 0.25) is 0 Å². The molecule has 0 spiro atoms. The number of anilines is 2. The van der Waals surface area contributed by atoms with Gasteiger partial charge in [0, 0.05) is 41.8 Å². The maximum Gasteiger partial charge on any atom is 0.255 e. The molecule has 7 heteroatoms. The standard InChI is InChI=1S/C27H27N5O2/c1-17(34-25-13-20(14-29-26(25)28)21-15-30-32(2)16-21)19-6-5-7-22(12-19)31-27(33)24-9-4-3-8-23(24)18-10-11-18/h3-9,12-18H,10-11H2,1-2H3,(H2,28,29)(H,31,33). The molecule has 2 aromatic carbocycles. The van der Waals surface area contributed by atoms with Crippen LogP contribution in [0.1, 0.15) is 53.3 Å². The molecule has 2 heterocycles. The number of pyridine rings is 1. The molecule has 1 atom stereocenters. The zero-order valence-corrected chi connectivity index (χ0v) is 19.2. The Kier molecular flexibility index (Phi) is 5.76. The third-order valence-corrected chi connectivity index (χ3v) is 6.06. The first-order valence-electron chi connectivity index (χ1n) is 11.4. The fourth-order valence-corrected chi connectivity index (χ4v) is 4.06. The van der Waals surface area contributed by atoms with Crippen LogP contribution in [0.5, 0.6) is 5.75 Å². The fourth-order valence-electron chi connectivity index (χ4n) is 4.06. The van der Waals surface area contributed by atoms with Gasteiger partial charge in [-0.2, -0.15) is 5.10 Å². The summed E-state index contributed by atoms with van der Waals surface area (Å²) >= 11 is 0. The van der Waals surface area contributed by atoms with Gasteiger partial charge >= 0.3 is 0 Å². The predicted octanol–water partition coefficient (Wildman–Crippen LogP) is 5.33. The third kappa shape index (κ3) is 4.64. The lowest BCUT2D eigenvalue weighted by Crippen LogP contribution is -2.14. The number of hydrogen-bond acceptors (Lipinski definition) is 5. The van der Waals surface area contributed by atoms with Gasteiger partial charge in [-0.15, -0.1) is 0 Å². The van der Waals surface area contributed by atoms with E-state index in [1.165, 1.54) is 0 Å². The zero-order chi connectivity index (χ0) is 23.7. The number of benzene rings is 2. The molecule has 1 fully saturated rings. The number of ether oxygens (including phenoxy) is 1. The molecule has 5 rings (SSSR count). The van der Waals surface area contributed by atoms with E-state index in [1.807, 2.05) is 68.7 Å². The SMILES string of the molecule is CC(Oc1cc(-c2cnn(C)c2)cnc1N)c1cccc(NC(=O)c2ccccc2C2CC2)c1. The molecule has 1 unspecified atom stereocenters. The summed E-state index contributed by atoms with van der Waals surface area (Å²) in [5.74, 6) is 1.23. The van der Waals surface area contributed by atoms with Gasteiger partial charge < -0.3 is 15.8 Å². The molecule has 7 nitrogen and oxygen atoms in total. The van der Waals surface area contributed by atoms with Crippen LogP contribution in [0.4, 0.5) is 11.5 Å². The highest BCUT2D eigenvalue weighted by atomic mass is 16.5. The lowest BCUT2D eigenvalue weighted by atomic mass is 10.0. The number of nitrogen functional groups attached to an aromatic ring is 1. The summed E-state index contributed by atoms with van der Waals surface area (Å²) in [5, 5.41) is 7.25. The molecule has 2 aromatic heterocycles. The first kappa shape index (κ1) is 21.7. The predicted molar refractivity (Wildman–Crippen MR) is 133 cm³/mol. The van der Waals surface area contributed by atoms with Crippen LogP contribution in [-0.2, 0) is 7.05 Å². The average Bonchev–Trinajstić information content (AvgIpc) is 3.60. The molecule has 34 heavy (non-hydrogen) atoms. The fraction of sp³-hybridized carbons (Fsp3) is 0.222. The summed E-state index contributed by atoms with van der Waals surface area (Å²) in [5.41, 5.74) is 11.4. The average molecular weight is 454 g/mol. The molecular weight excluding hydrogens is 426 g/mol. The zero-order valence-electron chi connectivity index (χ0n) is 19.2. The molecule has 0 radical (unpaired) electrons. The first-order chi connectivity index (χ1) is 16.5. The van der Waals surface area contributed by atoms with Crippen molar-refractivity contribution in [2.24, 2.45) is 7.05 Å². The van der Waals surface area contributed by atoms with E-state index in [4.69, 9.17) is 10.5 Å². The molecule has 1 aliphatic carbocycles. The van der Waals surface area contributed by atoms with E-state index in [-0.39, 0.29) is 12.0 Å². The Balaban J connectivity index is 1.32. The quantitative estimate of drug-likeness (QED) is 0.394. The van der Waals surface area contributed by atoms with E-state index < -0.39 is 0 Å². The maximum atomic E-state index is 13.0. The van der Waals surface area contributed by atoms with Gasteiger partial charge in [-0.3, -0.25) is 9.48 Å². The number of aromatic nitrogens is 3. The maximum absolute atomic E-state index is 13.0. The summed E-state index contributed by atoms with van der Waals surface area (Å²) < 4.78 is 7.91. The normalized spacial score (nSPS) is 13.9. The Hall–Kier alpha value is -4.13. The Bertz CT molecular complexity index is 1340. The molecule has 1 amide bonds. The minimum atomic E-state index is -0.302. The lowest BCUT2D eigenvalue weighted by molar-refractivity contribution is 0.102. The smallest absolute Gasteiger partial charge is 0.255 e. The number of carbonyl (C=O) groups excluding carboxylic acids is 1. The largest absolute Gasteiger partial charge is 0.482 e. The summed E-state index contributed by atoms with van der Waals surface area (Å²) in [7, 11) is 1.87. The monoisotopic (exact) mass is 453 g/mol. The molecule has 1 aliphatic rings. The van der Waals surface area contributed by atoms with Crippen molar-refractivity contribution in [3.63, 3.8) is 0 Å². The number of amides is 1. The van der Waals surface area contributed by atoms with E-state index in [1.54, 1.807) is 17.1 Å². The Morgan fingerprint density at radius 3 is 2.71 bits per heavy atom. The van der Waals surface area contributed by atoms with Crippen LogP contribution < -0.4 is 15.8 Å². The molecule has 3 N–H and O–H groups in total. The number of aryl methyl sites for hydroxylation is 1. The summed E-state index contributed by atoms with van der Waals surface area (Å²) in [6.07, 6.45) is 7.38. The first-order valence-corrected chi connectivity index (χ1v) is 11.4. The highest BCUT2D eigenvalue weighted by Gasteiger charge is 2.27. The molecule has 0 saturated heterocycles. The number of rotatable bonds is 7. The highest BCUT2D eigenvalue weighted by molar-refractivity contribution is 6.05. The van der Waals surface area contributed by atoms with Gasteiger partial charge in [-0.1, -0.05) is 30.3 Å². The van der Waals surface area contributed by atoms with Crippen molar-refractivity contribution in [2.75, 3.05) is 11.1 Å². The van der Waals surface area contributed by atoms with Crippen molar-refractivity contribution < 1.29 is 9.53 Å². The molecular formula is C27H27N5O2. The molecule has 1 saturated carbocycles. The van der Waals surface area contributed by atoms with Crippen LogP contribution in [0.15, 0.2) is 73.2 Å². The van der Waals surface area contributed by atoms with Crippen LogP contribution in [-0.4, -0.2) is 20.7 Å². The van der Waals surface area contributed by atoms with Gasteiger partial charge in [-0.25, -0.2) is 4.98 Å². The second-order valence-corrected chi connectivity index (χ2v) is 8.71. The molecule has 4 aromatic rings. The topological polar surface area (TPSA) is 95.1 Å². The van der Waals surface area contributed by atoms with E-state index in [0.29, 0.717) is 17.5 Å². The van der Waals surface area contributed by atoms with Crippen LogP contribution in [0.2, 0.25) is 0 Å². The van der Waals surface area contributed by atoms with Crippen molar-refractivity contribution in [1.82, 2.24) is 14.8 Å². The van der Waals surface area contributed by atoms with Gasteiger partial charge in [0.05, 0.1) is 6.20 Å². The van der Waals surface area contributed by atoms with E-state index in [2.05, 4.69) is 21.5 Å². The number of nitrogens with two attached hydrogens (primary N) is 1. The number of hydrogen-bond donors (Lipinski definition) is 2. The van der Waals surface area contributed by atoms with Crippen LogP contribution in [0.3, 0.4) is 0 Å². The van der Waals surface area contributed by atoms with Gasteiger partial charge in [0.15, 0.2) is 11.6 Å². The summed E-state index contributed by atoms with van der Waals surface area (Å²) in [4.78, 5) is 17.3. The molecule has 0 aliphatic heterocycles. The van der Waals surface area contributed by atoms with Crippen LogP contribution in [0.25, 0.3) is 11.1 Å². The van der Waals surface area contributed by atoms with Crippen molar-refractivity contribution in [1.29, 1.82) is 0 Å². The number of nitrogens with zero attached hydrogens (tertiary/aromatic N) is 3.